The number of allylic oxidation sites excluding steroid dienone is 3. The van der Waals surface area contributed by atoms with Crippen molar-refractivity contribution in [1.82, 2.24) is 0 Å². The van der Waals surface area contributed by atoms with Gasteiger partial charge in [-0.1, -0.05) is 106 Å². The summed E-state index contributed by atoms with van der Waals surface area (Å²) >= 11 is 0. The third-order valence-corrected chi connectivity index (χ3v) is 12.2. The summed E-state index contributed by atoms with van der Waals surface area (Å²) in [5, 5.41) is 8.88. The Morgan fingerprint density at radius 3 is 1.29 bits per heavy atom. The molecule has 0 heterocycles. The maximum atomic E-state index is 3.46. The first kappa shape index (κ1) is 34.7. The van der Waals surface area contributed by atoms with E-state index >= 15 is 0 Å². The minimum Gasteiger partial charge on any atom is -0.161 e. The summed E-state index contributed by atoms with van der Waals surface area (Å²) in [5.74, 6) is 0. The Morgan fingerprint density at radius 1 is 0.658 bits per heavy atom. The van der Waals surface area contributed by atoms with Crippen molar-refractivity contribution in [3.63, 3.8) is 0 Å². The molecule has 3 heteroatoms. The van der Waals surface area contributed by atoms with Gasteiger partial charge in [0, 0.05) is 0 Å². The summed E-state index contributed by atoms with van der Waals surface area (Å²) in [5.41, 5.74) is 0. The molecule has 4 aromatic rings. The standard InChI is InChI=1S/2C15H20P.C5H8.Ti/c2*1-3-9-16(10-4-2)15-11-13-7-5-6-8-14(13)12-15;1-3-5-4-2;/h2*5-8,11-12H,3-4,9-10H2,1-2H3;3-5H,1H2,2H3;/q2*-1;;+2. The minimum absolute atomic E-state index is 0. The van der Waals surface area contributed by atoms with Gasteiger partial charge in [0.2, 0.25) is 0 Å². The van der Waals surface area contributed by atoms with Crippen LogP contribution < -0.4 is 10.6 Å². The summed E-state index contributed by atoms with van der Waals surface area (Å²) in [6, 6.07) is 27.1. The zero-order valence-electron chi connectivity index (χ0n) is 24.4. The Morgan fingerprint density at radius 2 is 1.03 bits per heavy atom. The van der Waals surface area contributed by atoms with E-state index in [4.69, 9.17) is 0 Å². The molecule has 0 saturated heterocycles. The monoisotopic (exact) mass is 578 g/mol. The van der Waals surface area contributed by atoms with Gasteiger partial charge in [0.1, 0.15) is 0 Å². The van der Waals surface area contributed by atoms with Crippen molar-refractivity contribution in [1.29, 1.82) is 0 Å². The molecular formula is C35H48P2Ti. The van der Waals surface area contributed by atoms with E-state index in [9.17, 15) is 0 Å². The van der Waals surface area contributed by atoms with Crippen LogP contribution in [0, 0.1) is 0 Å². The van der Waals surface area contributed by atoms with E-state index in [1.165, 1.54) is 71.9 Å². The quantitative estimate of drug-likeness (QED) is 0.0719. The van der Waals surface area contributed by atoms with Gasteiger partial charge >= 0.3 is 21.7 Å². The summed E-state index contributed by atoms with van der Waals surface area (Å²) < 4.78 is 0. The van der Waals surface area contributed by atoms with Crippen molar-refractivity contribution >= 4 is 48.0 Å². The van der Waals surface area contributed by atoms with Crippen LogP contribution in [0.5, 0.6) is 0 Å². The van der Waals surface area contributed by atoms with Gasteiger partial charge in [-0.3, -0.25) is 0 Å². The fourth-order valence-electron chi connectivity index (χ4n) is 4.59. The molecule has 4 aromatic carbocycles. The fourth-order valence-corrected chi connectivity index (χ4v) is 9.52. The van der Waals surface area contributed by atoms with Crippen LogP contribution in [0.2, 0.25) is 0 Å². The Bertz CT molecular complexity index is 1020. The van der Waals surface area contributed by atoms with Crippen molar-refractivity contribution in [3.05, 3.63) is 97.6 Å². The number of rotatable bonds is 11. The van der Waals surface area contributed by atoms with E-state index in [2.05, 4.69) is 107 Å². The van der Waals surface area contributed by atoms with Crippen LogP contribution in [0.25, 0.3) is 21.5 Å². The number of fused-ring (bicyclic) bond motifs is 2. The number of hydrogen-bond acceptors (Lipinski definition) is 0. The van der Waals surface area contributed by atoms with Crippen molar-refractivity contribution in [2.75, 3.05) is 24.6 Å². The van der Waals surface area contributed by atoms with E-state index in [0.717, 1.165) is 0 Å². The Balaban J connectivity index is 0.000000317. The Labute approximate surface area is 251 Å². The van der Waals surface area contributed by atoms with Crippen LogP contribution in [-0.4, -0.2) is 24.6 Å². The molecule has 0 unspecified atom stereocenters. The van der Waals surface area contributed by atoms with Gasteiger partial charge in [0.25, 0.3) is 0 Å². The zero-order chi connectivity index (χ0) is 26.9. The molecule has 0 amide bonds. The molecule has 0 radical (unpaired) electrons. The van der Waals surface area contributed by atoms with Crippen molar-refractivity contribution < 1.29 is 21.7 Å². The van der Waals surface area contributed by atoms with Crippen LogP contribution in [-0.2, 0) is 21.7 Å². The molecule has 202 valence electrons. The van der Waals surface area contributed by atoms with Gasteiger partial charge in [-0.25, -0.2) is 0 Å². The fraction of sp³-hybridized carbons (Fsp3) is 0.371. The smallest absolute Gasteiger partial charge is 0.161 e. The summed E-state index contributed by atoms with van der Waals surface area (Å²) in [4.78, 5) is 0. The second kappa shape index (κ2) is 20.6. The van der Waals surface area contributed by atoms with Crippen molar-refractivity contribution in [2.24, 2.45) is 0 Å². The number of benzene rings is 2. The van der Waals surface area contributed by atoms with E-state index < -0.39 is 0 Å². The van der Waals surface area contributed by atoms with Gasteiger partial charge in [0.15, 0.2) is 0 Å². The predicted octanol–water partition coefficient (Wildman–Crippen LogP) is 10.7. The van der Waals surface area contributed by atoms with E-state index in [1.54, 1.807) is 16.7 Å². The Hall–Kier alpha value is -1.29. The number of hydrogen-bond donors (Lipinski definition) is 0. The van der Waals surface area contributed by atoms with Crippen LogP contribution in [0.4, 0.5) is 0 Å². The van der Waals surface area contributed by atoms with Crippen LogP contribution >= 0.6 is 15.8 Å². The normalized spacial score (nSPS) is 10.8. The van der Waals surface area contributed by atoms with Crippen molar-refractivity contribution in [3.8, 4) is 0 Å². The first-order valence-electron chi connectivity index (χ1n) is 14.2. The molecule has 0 fully saturated rings. The molecule has 4 rings (SSSR count). The van der Waals surface area contributed by atoms with Crippen LogP contribution in [0.15, 0.2) is 97.6 Å². The van der Waals surface area contributed by atoms with Crippen LogP contribution in [0.3, 0.4) is 0 Å². The van der Waals surface area contributed by atoms with Gasteiger partial charge < -0.3 is 0 Å². The molecular weight excluding hydrogens is 530 g/mol. The minimum atomic E-state index is 0. The third-order valence-electron chi connectivity index (χ3n) is 6.24. The van der Waals surface area contributed by atoms with E-state index in [1.807, 2.05) is 19.1 Å². The molecule has 0 aliphatic carbocycles. The van der Waals surface area contributed by atoms with Gasteiger partial charge in [-0.2, -0.15) is 12.1 Å². The zero-order valence-corrected chi connectivity index (χ0v) is 27.8. The Kier molecular flexibility index (Phi) is 18.8. The molecule has 0 bridgehead atoms. The molecule has 0 N–H and O–H groups in total. The van der Waals surface area contributed by atoms with Crippen molar-refractivity contribution in [2.45, 2.75) is 60.3 Å². The maximum Gasteiger partial charge on any atom is 2.00 e. The van der Waals surface area contributed by atoms with Gasteiger partial charge in [-0.15, -0.1) is 80.7 Å². The molecule has 0 spiro atoms. The third kappa shape index (κ3) is 11.4. The van der Waals surface area contributed by atoms with Crippen LogP contribution in [0.1, 0.15) is 60.3 Å². The van der Waals surface area contributed by atoms with Gasteiger partial charge in [-0.05, 0) is 31.6 Å². The summed E-state index contributed by atoms with van der Waals surface area (Å²) in [7, 11) is 0.194. The first-order chi connectivity index (χ1) is 18.1. The summed E-state index contributed by atoms with van der Waals surface area (Å²) in [6.07, 6.45) is 16.4. The average Bonchev–Trinajstić information content (AvgIpc) is 3.54. The molecule has 38 heavy (non-hydrogen) atoms. The molecule has 0 aliphatic rings. The SMILES string of the molecule is C=CC=CC.CCCP(CCC)c1cc2ccccc2[cH-]1.CCCP(CCC)c1cc2ccccc2[cH-]1.[Ti+2]. The van der Waals surface area contributed by atoms with Gasteiger partial charge in [0.05, 0.1) is 0 Å². The summed E-state index contributed by atoms with van der Waals surface area (Å²) in [6.45, 7) is 14.6. The molecule has 0 nitrogen and oxygen atoms in total. The second-order valence-corrected chi connectivity index (χ2v) is 14.4. The molecule has 0 atom stereocenters. The second-order valence-electron chi connectivity index (χ2n) is 9.42. The molecule has 0 saturated carbocycles. The predicted molar refractivity (Wildman–Crippen MR) is 178 cm³/mol. The maximum absolute atomic E-state index is 3.46. The topological polar surface area (TPSA) is 0 Å². The molecule has 0 aromatic heterocycles. The van der Waals surface area contributed by atoms with E-state index in [0.29, 0.717) is 0 Å². The largest absolute Gasteiger partial charge is 2.00 e. The molecule has 0 aliphatic heterocycles. The average molecular weight is 579 g/mol. The van der Waals surface area contributed by atoms with E-state index in [-0.39, 0.29) is 37.6 Å². The first-order valence-corrected chi connectivity index (χ1v) is 17.6.